The van der Waals surface area contributed by atoms with Gasteiger partial charge in [-0.15, -0.1) is 0 Å². The molecule has 1 aliphatic rings. The van der Waals surface area contributed by atoms with Gasteiger partial charge in [-0.05, 0) is 47.4 Å². The van der Waals surface area contributed by atoms with E-state index in [1.54, 1.807) is 18.3 Å². The molecule has 0 spiro atoms. The lowest BCUT2D eigenvalue weighted by Gasteiger charge is -2.33. The zero-order valence-corrected chi connectivity index (χ0v) is 16.8. The Morgan fingerprint density at radius 1 is 1.07 bits per heavy atom. The molecule has 30 heavy (non-hydrogen) atoms. The van der Waals surface area contributed by atoms with Crippen molar-refractivity contribution in [1.82, 2.24) is 19.7 Å². The Morgan fingerprint density at radius 3 is 2.63 bits per heavy atom. The summed E-state index contributed by atoms with van der Waals surface area (Å²) in [6, 6.07) is 15.8. The summed E-state index contributed by atoms with van der Waals surface area (Å²) >= 11 is 0. The van der Waals surface area contributed by atoms with Crippen LogP contribution in [0.5, 0.6) is 0 Å². The van der Waals surface area contributed by atoms with Crippen molar-refractivity contribution in [2.24, 2.45) is 7.05 Å². The van der Waals surface area contributed by atoms with Crippen molar-refractivity contribution in [2.75, 3.05) is 0 Å². The van der Waals surface area contributed by atoms with Gasteiger partial charge in [0.2, 0.25) is 0 Å². The maximum atomic E-state index is 12.9. The minimum absolute atomic E-state index is 0.202. The highest BCUT2D eigenvalue weighted by Gasteiger charge is 2.42. The molecule has 2 aromatic carbocycles. The molecule has 0 atom stereocenters. The zero-order chi connectivity index (χ0) is 21.0. The number of aromatic nitrogens is 3. The van der Waals surface area contributed by atoms with Crippen LogP contribution in [0, 0.1) is 6.92 Å². The van der Waals surface area contributed by atoms with E-state index < -0.39 is 5.34 Å². The van der Waals surface area contributed by atoms with Gasteiger partial charge in [0.05, 0.1) is 32.5 Å². The van der Waals surface area contributed by atoms with Crippen molar-refractivity contribution in [3.8, 4) is 11.1 Å². The van der Waals surface area contributed by atoms with Crippen LogP contribution in [0.1, 0.15) is 27.2 Å². The van der Waals surface area contributed by atoms with Crippen LogP contribution >= 0.6 is 0 Å². The lowest BCUT2D eigenvalue weighted by atomic mass is 9.59. The van der Waals surface area contributed by atoms with E-state index in [1.807, 2.05) is 43.0 Å². The normalized spacial score (nSPS) is 15.0. The van der Waals surface area contributed by atoms with Gasteiger partial charge in [0, 0.05) is 36.7 Å². The summed E-state index contributed by atoms with van der Waals surface area (Å²) in [6.07, 6.45) is 3.63. The van der Waals surface area contributed by atoms with Crippen LogP contribution < -0.4 is 0 Å². The second kappa shape index (κ2) is 6.59. The first-order valence-corrected chi connectivity index (χ1v) is 9.74. The molecule has 7 heteroatoms. The fourth-order valence-corrected chi connectivity index (χ4v) is 4.17. The van der Waals surface area contributed by atoms with Crippen LogP contribution in [-0.4, -0.2) is 41.3 Å². The van der Waals surface area contributed by atoms with Gasteiger partial charge in [0.25, 0.3) is 5.91 Å². The van der Waals surface area contributed by atoms with E-state index in [2.05, 4.69) is 28.3 Å². The zero-order valence-electron chi connectivity index (χ0n) is 16.8. The number of rotatable bonds is 3. The third-order valence-corrected chi connectivity index (χ3v) is 5.76. The van der Waals surface area contributed by atoms with E-state index in [4.69, 9.17) is 15.7 Å². The molecule has 3 heterocycles. The Hall–Kier alpha value is -3.34. The van der Waals surface area contributed by atoms with E-state index in [-0.39, 0.29) is 5.91 Å². The Morgan fingerprint density at radius 2 is 1.87 bits per heavy atom. The third-order valence-electron chi connectivity index (χ3n) is 5.76. The lowest BCUT2D eigenvalue weighted by Crippen LogP contribution is -2.44. The fourth-order valence-electron chi connectivity index (χ4n) is 4.17. The highest BCUT2D eigenvalue weighted by Crippen LogP contribution is 2.35. The molecule has 1 aliphatic heterocycles. The second-order valence-electron chi connectivity index (χ2n) is 7.80. The van der Waals surface area contributed by atoms with E-state index >= 15 is 0 Å². The average molecular weight is 388 g/mol. The Kier molecular flexibility index (Phi) is 4.10. The smallest absolute Gasteiger partial charge is 0.255 e. The molecule has 0 saturated heterocycles. The maximum Gasteiger partial charge on any atom is 0.255 e. The van der Waals surface area contributed by atoms with Crippen LogP contribution in [0.15, 0.2) is 60.9 Å². The summed E-state index contributed by atoms with van der Waals surface area (Å²) in [5.74, 6) is -0.202. The molecule has 0 fully saturated rings. The molecular formula is C23H18B2N4O. The number of fused-ring (bicyclic) bond motifs is 2. The number of hydrogen-bond acceptors (Lipinski definition) is 3. The molecule has 5 rings (SSSR count). The molecule has 2 aromatic heterocycles. The second-order valence-corrected chi connectivity index (χ2v) is 7.80. The summed E-state index contributed by atoms with van der Waals surface area (Å²) in [5, 5.41) is 4.16. The molecule has 4 radical (unpaired) electrons. The molecule has 0 N–H and O–H groups in total. The van der Waals surface area contributed by atoms with Crippen LogP contribution in [0.4, 0.5) is 0 Å². The van der Waals surface area contributed by atoms with Gasteiger partial charge in [0.1, 0.15) is 0 Å². The first-order valence-electron chi connectivity index (χ1n) is 9.74. The number of carbonyl (C=O) groups is 1. The number of aryl methyl sites for hydroxylation is 2. The predicted molar refractivity (Wildman–Crippen MR) is 118 cm³/mol. The van der Waals surface area contributed by atoms with Crippen LogP contribution in [-0.2, 0) is 18.9 Å². The quantitative estimate of drug-likeness (QED) is 0.507. The Balaban J connectivity index is 1.50. The molecule has 4 aromatic rings. The minimum Gasteiger partial charge on any atom is -0.340 e. The van der Waals surface area contributed by atoms with E-state index in [0.29, 0.717) is 17.8 Å². The topological polar surface area (TPSA) is 51.0 Å². The summed E-state index contributed by atoms with van der Waals surface area (Å²) < 4.78 is 1.82. The van der Waals surface area contributed by atoms with Crippen molar-refractivity contribution in [3.63, 3.8) is 0 Å². The highest BCUT2D eigenvalue weighted by atomic mass is 16.2. The largest absolute Gasteiger partial charge is 0.340 e. The third kappa shape index (κ3) is 2.76. The Labute approximate surface area is 177 Å². The van der Waals surface area contributed by atoms with Crippen LogP contribution in [0.25, 0.3) is 22.0 Å². The first-order chi connectivity index (χ1) is 14.4. The van der Waals surface area contributed by atoms with E-state index in [9.17, 15) is 4.79 Å². The van der Waals surface area contributed by atoms with Crippen LogP contribution in [0.2, 0.25) is 0 Å². The van der Waals surface area contributed by atoms with Gasteiger partial charge in [-0.1, -0.05) is 30.3 Å². The monoisotopic (exact) mass is 388 g/mol. The number of hydrogen-bond donors (Lipinski definition) is 0. The average Bonchev–Trinajstić information content (AvgIpc) is 3.19. The molecule has 0 saturated carbocycles. The van der Waals surface area contributed by atoms with Gasteiger partial charge in [0.15, 0.2) is 0 Å². The van der Waals surface area contributed by atoms with Crippen molar-refractivity contribution < 1.29 is 4.79 Å². The van der Waals surface area contributed by atoms with Gasteiger partial charge in [-0.25, -0.2) is 0 Å². The van der Waals surface area contributed by atoms with Crippen molar-refractivity contribution in [3.05, 3.63) is 83.3 Å². The first kappa shape index (κ1) is 18.7. The molecular weight excluding hydrogens is 370 g/mol. The number of amides is 1. The number of carbonyl (C=O) groups excluding carboxylic acids is 1. The summed E-state index contributed by atoms with van der Waals surface area (Å²) in [5.41, 5.74) is 6.09. The minimum atomic E-state index is -1.43. The molecule has 0 unspecified atom stereocenters. The molecule has 0 aliphatic carbocycles. The van der Waals surface area contributed by atoms with Gasteiger partial charge in [-0.2, -0.15) is 5.10 Å². The molecule has 1 amide bonds. The predicted octanol–water partition coefficient (Wildman–Crippen LogP) is 3.05. The molecule has 0 bridgehead atoms. The van der Waals surface area contributed by atoms with E-state index in [0.717, 1.165) is 33.2 Å². The van der Waals surface area contributed by atoms with Gasteiger partial charge < -0.3 is 4.90 Å². The number of benzene rings is 2. The maximum absolute atomic E-state index is 12.9. The fraction of sp³-hybridized carbons (Fsp3) is 0.174. The number of nitrogens with zero attached hydrogens (tertiary/aromatic N) is 4. The number of pyridine rings is 1. The SMILES string of the molecule is [B]C1([B])c2ncccc2C(=O)N1Cc1ccc(-c2cccc3nn(C)cc23)cc1C. The van der Waals surface area contributed by atoms with Crippen molar-refractivity contribution in [2.45, 2.75) is 18.8 Å². The summed E-state index contributed by atoms with van der Waals surface area (Å²) in [6.45, 7) is 2.34. The Bertz CT molecular complexity index is 1310. The molecule has 142 valence electrons. The van der Waals surface area contributed by atoms with Gasteiger partial charge >= 0.3 is 0 Å². The lowest BCUT2D eigenvalue weighted by molar-refractivity contribution is 0.0731. The van der Waals surface area contributed by atoms with Gasteiger partial charge in [-0.3, -0.25) is 14.5 Å². The van der Waals surface area contributed by atoms with Crippen LogP contribution in [0.3, 0.4) is 0 Å². The standard InChI is InChI=1S/C23H18B2N4O/c1-14-11-15(17-5-3-7-20-19(17)13-28(2)27-20)8-9-16(14)12-29-22(30)18-6-4-10-26-21(18)23(29,24)25/h3-11,13H,12H2,1-2H3. The van der Waals surface area contributed by atoms with Crippen molar-refractivity contribution >= 4 is 32.5 Å². The van der Waals surface area contributed by atoms with Crippen molar-refractivity contribution in [1.29, 1.82) is 0 Å². The highest BCUT2D eigenvalue weighted by molar-refractivity contribution is 6.42. The van der Waals surface area contributed by atoms with E-state index in [1.165, 1.54) is 4.90 Å². The summed E-state index contributed by atoms with van der Waals surface area (Å²) in [7, 11) is 14.6. The summed E-state index contributed by atoms with van der Waals surface area (Å²) in [4.78, 5) is 18.6. The molecule has 5 nitrogen and oxygen atoms in total.